The highest BCUT2D eigenvalue weighted by Crippen LogP contribution is 2.36. The molecule has 4 aromatic carbocycles. The number of piperazine rings is 1. The summed E-state index contributed by atoms with van der Waals surface area (Å²) < 4.78 is 11.9. The zero-order valence-electron chi connectivity index (χ0n) is 23.8. The largest absolute Gasteiger partial charge is 0.457 e. The van der Waals surface area contributed by atoms with Crippen molar-refractivity contribution in [3.05, 3.63) is 131 Å². The Balaban J connectivity index is 1.23. The van der Waals surface area contributed by atoms with Crippen LogP contribution in [0, 0.1) is 0 Å². The molecule has 7 rings (SSSR count). The van der Waals surface area contributed by atoms with Crippen LogP contribution in [0.15, 0.2) is 114 Å². The number of hydrogen-bond donors (Lipinski definition) is 0. The molecule has 0 radical (unpaired) electrons. The number of benzene rings is 4. The van der Waals surface area contributed by atoms with Crippen LogP contribution in [0.25, 0.3) is 22.4 Å². The van der Waals surface area contributed by atoms with E-state index in [9.17, 15) is 4.79 Å². The number of halogens is 1. The van der Waals surface area contributed by atoms with Crippen LogP contribution in [0.5, 0.6) is 11.5 Å². The first-order valence-corrected chi connectivity index (χ1v) is 14.8. The van der Waals surface area contributed by atoms with Gasteiger partial charge in [-0.15, -0.1) is 0 Å². The van der Waals surface area contributed by atoms with Gasteiger partial charge in [0.1, 0.15) is 34.2 Å². The summed E-state index contributed by atoms with van der Waals surface area (Å²) in [4.78, 5) is 27.1. The lowest BCUT2D eigenvalue weighted by Gasteiger charge is -2.35. The minimum atomic E-state index is -0.0752. The molecule has 0 saturated carbocycles. The van der Waals surface area contributed by atoms with E-state index < -0.39 is 0 Å². The van der Waals surface area contributed by atoms with Crippen LogP contribution < -0.4 is 9.64 Å². The summed E-state index contributed by atoms with van der Waals surface area (Å²) in [7, 11) is 0. The first-order chi connectivity index (χ1) is 21.6. The van der Waals surface area contributed by atoms with Gasteiger partial charge < -0.3 is 19.1 Å². The van der Waals surface area contributed by atoms with Crippen LogP contribution in [0.2, 0.25) is 5.02 Å². The van der Waals surface area contributed by atoms with E-state index in [2.05, 4.69) is 22.2 Å². The maximum atomic E-state index is 13.3. The van der Waals surface area contributed by atoms with Gasteiger partial charge in [0, 0.05) is 38.2 Å². The first kappa shape index (κ1) is 27.6. The Hall–Kier alpha value is -5.21. The van der Waals surface area contributed by atoms with Crippen molar-refractivity contribution in [2.45, 2.75) is 6.42 Å². The third-order valence-corrected chi connectivity index (χ3v) is 7.95. The average molecular weight is 602 g/mol. The van der Waals surface area contributed by atoms with E-state index in [1.165, 1.54) is 0 Å². The maximum Gasteiger partial charge on any atom is 0.263 e. The monoisotopic (exact) mass is 601 g/mol. The number of carbonyl (C=O) groups excluding carboxylic acids is 1. The van der Waals surface area contributed by atoms with Gasteiger partial charge in [0.05, 0.1) is 10.6 Å². The number of anilines is 1. The number of fused-ring (bicyclic) bond motifs is 1. The smallest absolute Gasteiger partial charge is 0.263 e. The van der Waals surface area contributed by atoms with Gasteiger partial charge >= 0.3 is 0 Å². The molecule has 3 heterocycles. The predicted molar refractivity (Wildman–Crippen MR) is 170 cm³/mol. The Bertz CT molecular complexity index is 1920. The Kier molecular flexibility index (Phi) is 7.65. The summed E-state index contributed by atoms with van der Waals surface area (Å²) in [6.45, 7) is 2.19. The van der Waals surface area contributed by atoms with Crippen LogP contribution in [-0.2, 0) is 6.42 Å². The van der Waals surface area contributed by atoms with Gasteiger partial charge in [-0.25, -0.2) is 4.98 Å². The molecule has 1 amide bonds. The fourth-order valence-corrected chi connectivity index (χ4v) is 5.64. The fraction of sp³-hybridized carbons (Fsp3) is 0.143. The van der Waals surface area contributed by atoms with Gasteiger partial charge in [-0.3, -0.25) is 4.79 Å². The van der Waals surface area contributed by atoms with Crippen LogP contribution >= 0.6 is 11.6 Å². The van der Waals surface area contributed by atoms with Gasteiger partial charge in [-0.2, -0.15) is 4.98 Å². The van der Waals surface area contributed by atoms with Crippen molar-refractivity contribution >= 4 is 34.4 Å². The molecule has 0 aliphatic carbocycles. The zero-order valence-corrected chi connectivity index (χ0v) is 24.5. The summed E-state index contributed by atoms with van der Waals surface area (Å²) in [5.41, 5.74) is 3.48. The summed E-state index contributed by atoms with van der Waals surface area (Å²) in [5, 5.41) is 5.65. The van der Waals surface area contributed by atoms with E-state index in [4.69, 9.17) is 30.8 Å². The second-order valence-electron chi connectivity index (χ2n) is 10.5. The van der Waals surface area contributed by atoms with E-state index in [1.807, 2.05) is 89.8 Å². The first-order valence-electron chi connectivity index (χ1n) is 14.4. The summed E-state index contributed by atoms with van der Waals surface area (Å²) in [5.74, 6) is 2.72. The lowest BCUT2D eigenvalue weighted by molar-refractivity contribution is 0.0746. The second kappa shape index (κ2) is 12.2. The number of aromatic nitrogens is 3. The van der Waals surface area contributed by atoms with Crippen molar-refractivity contribution in [1.82, 2.24) is 20.0 Å². The van der Waals surface area contributed by atoms with Crippen LogP contribution in [0.1, 0.15) is 21.7 Å². The van der Waals surface area contributed by atoms with Crippen LogP contribution in [0.4, 0.5) is 5.82 Å². The van der Waals surface area contributed by atoms with Crippen molar-refractivity contribution in [2.24, 2.45) is 0 Å². The predicted octanol–water partition coefficient (Wildman–Crippen LogP) is 7.28. The molecule has 1 saturated heterocycles. The molecule has 8 nitrogen and oxygen atoms in total. The molecule has 0 atom stereocenters. The number of ether oxygens (including phenoxy) is 1. The Morgan fingerprint density at radius 1 is 0.795 bits per heavy atom. The van der Waals surface area contributed by atoms with Crippen molar-refractivity contribution in [3.8, 4) is 22.8 Å². The minimum absolute atomic E-state index is 0.0752. The molecule has 9 heteroatoms. The van der Waals surface area contributed by atoms with Crippen LogP contribution in [0.3, 0.4) is 0 Å². The number of rotatable bonds is 7. The third-order valence-electron chi connectivity index (χ3n) is 7.63. The average Bonchev–Trinajstić information content (AvgIpc) is 3.50. The number of nitrogens with zero attached hydrogens (tertiary/aromatic N) is 5. The van der Waals surface area contributed by atoms with E-state index in [1.54, 1.807) is 12.1 Å². The lowest BCUT2D eigenvalue weighted by atomic mass is 10.1. The van der Waals surface area contributed by atoms with Crippen molar-refractivity contribution in [3.63, 3.8) is 0 Å². The minimum Gasteiger partial charge on any atom is -0.457 e. The second-order valence-corrected chi connectivity index (χ2v) is 10.9. The Labute approximate surface area is 259 Å². The molecule has 0 bridgehead atoms. The van der Waals surface area contributed by atoms with Crippen molar-refractivity contribution < 1.29 is 14.1 Å². The lowest BCUT2D eigenvalue weighted by Crippen LogP contribution is -2.49. The molecular formula is C35H28ClN5O3. The third kappa shape index (κ3) is 5.72. The summed E-state index contributed by atoms with van der Waals surface area (Å²) in [6, 6.07) is 34.6. The van der Waals surface area contributed by atoms with E-state index in [-0.39, 0.29) is 5.91 Å². The van der Waals surface area contributed by atoms with Gasteiger partial charge in [-0.05, 0) is 42.0 Å². The Morgan fingerprint density at radius 3 is 2.27 bits per heavy atom. The van der Waals surface area contributed by atoms with E-state index >= 15 is 0 Å². The molecule has 1 aliphatic rings. The summed E-state index contributed by atoms with van der Waals surface area (Å²) in [6.07, 6.45) is 0.547. The molecule has 0 unspecified atom stereocenters. The van der Waals surface area contributed by atoms with Crippen molar-refractivity contribution in [2.75, 3.05) is 31.1 Å². The number of carbonyl (C=O) groups is 1. The quantitative estimate of drug-likeness (QED) is 0.190. The highest BCUT2D eigenvalue weighted by atomic mass is 35.5. The molecule has 1 aliphatic heterocycles. The standard InChI is InChI=1S/C35H28ClN5O3/c36-29-17-8-7-16-28(29)35(42)41-20-18-40(19-21-41)33-31-32(25-12-9-15-27(23-25)43-26-13-5-2-6-14-26)39-44-34(31)38-30(37-33)22-24-10-3-1-4-11-24/h1-17,23H,18-22H2. The topological polar surface area (TPSA) is 84.6 Å². The molecule has 0 N–H and O–H groups in total. The van der Waals surface area contributed by atoms with Gasteiger partial charge in [0.25, 0.3) is 11.6 Å². The van der Waals surface area contributed by atoms with Gasteiger partial charge in [0.2, 0.25) is 0 Å². The maximum absolute atomic E-state index is 13.3. The fourth-order valence-electron chi connectivity index (χ4n) is 5.42. The molecule has 6 aromatic rings. The molecule has 2 aromatic heterocycles. The van der Waals surface area contributed by atoms with Gasteiger partial charge in [-0.1, -0.05) is 89.6 Å². The van der Waals surface area contributed by atoms with Gasteiger partial charge in [0.15, 0.2) is 0 Å². The number of hydrogen-bond acceptors (Lipinski definition) is 7. The highest BCUT2D eigenvalue weighted by molar-refractivity contribution is 6.33. The molecule has 0 spiro atoms. The van der Waals surface area contributed by atoms with E-state index in [0.717, 1.165) is 28.1 Å². The molecule has 44 heavy (non-hydrogen) atoms. The summed E-state index contributed by atoms with van der Waals surface area (Å²) >= 11 is 6.33. The molecule has 1 fully saturated rings. The van der Waals surface area contributed by atoms with Crippen LogP contribution in [-0.4, -0.2) is 52.1 Å². The highest BCUT2D eigenvalue weighted by Gasteiger charge is 2.28. The van der Waals surface area contributed by atoms with Crippen molar-refractivity contribution in [1.29, 1.82) is 0 Å². The Morgan fingerprint density at radius 2 is 1.50 bits per heavy atom. The zero-order chi connectivity index (χ0) is 29.9. The molecule has 218 valence electrons. The SMILES string of the molecule is O=C(c1ccccc1Cl)N1CCN(c2nc(Cc3ccccc3)nc3onc(-c4cccc(Oc5ccccc5)c4)c23)CC1. The number of para-hydroxylation sites is 1. The number of amides is 1. The normalized spacial score (nSPS) is 13.3. The van der Waals surface area contributed by atoms with E-state index in [0.29, 0.717) is 66.2 Å². The molecular weight excluding hydrogens is 574 g/mol.